The molecule has 0 spiro atoms. The van der Waals surface area contributed by atoms with Crippen LogP contribution in [0, 0.1) is 11.8 Å². The first-order valence-electron chi connectivity index (χ1n) is 10.6. The molecule has 2 saturated carbocycles. The van der Waals surface area contributed by atoms with E-state index in [-0.39, 0.29) is 30.3 Å². The number of benzene rings is 2. The standard InChI is InChI=1S/C24H24N2O5/c27-21(28)19-11-14(19)12-25-22(29)24(9-10-24)26-23(30)31-13-20-17-7-3-1-5-15(17)16-6-2-4-8-18(16)20/h1-8,14,19-20H,9-13H2,(H,25,29)(H,26,30)(H,27,28)/t14-,19-/m0/s1. The van der Waals surface area contributed by atoms with Crippen molar-refractivity contribution in [3.8, 4) is 11.1 Å². The van der Waals surface area contributed by atoms with E-state index in [9.17, 15) is 14.4 Å². The largest absolute Gasteiger partial charge is 0.481 e. The smallest absolute Gasteiger partial charge is 0.408 e. The van der Waals surface area contributed by atoms with Gasteiger partial charge in [0.05, 0.1) is 5.92 Å². The Hall–Kier alpha value is -3.35. The molecule has 0 unspecified atom stereocenters. The van der Waals surface area contributed by atoms with Gasteiger partial charge < -0.3 is 20.5 Å². The Morgan fingerprint density at radius 3 is 2.16 bits per heavy atom. The molecule has 0 aromatic heterocycles. The summed E-state index contributed by atoms with van der Waals surface area (Å²) in [6, 6.07) is 16.2. The Bertz CT molecular complexity index is 1020. The van der Waals surface area contributed by atoms with Gasteiger partial charge in [0.1, 0.15) is 12.1 Å². The van der Waals surface area contributed by atoms with Crippen LogP contribution >= 0.6 is 0 Å². The van der Waals surface area contributed by atoms with Gasteiger partial charge in [-0.3, -0.25) is 9.59 Å². The minimum absolute atomic E-state index is 0.0216. The van der Waals surface area contributed by atoms with Gasteiger partial charge in [-0.2, -0.15) is 0 Å². The van der Waals surface area contributed by atoms with Crippen LogP contribution in [0.3, 0.4) is 0 Å². The number of nitrogens with one attached hydrogen (secondary N) is 2. The van der Waals surface area contributed by atoms with E-state index in [1.54, 1.807) is 0 Å². The fourth-order valence-electron chi connectivity index (χ4n) is 4.53. The molecule has 3 N–H and O–H groups in total. The lowest BCUT2D eigenvalue weighted by molar-refractivity contribution is -0.139. The first-order chi connectivity index (χ1) is 15.0. The molecule has 3 aliphatic carbocycles. The quantitative estimate of drug-likeness (QED) is 0.639. The second-order valence-corrected chi connectivity index (χ2v) is 8.68. The van der Waals surface area contributed by atoms with Gasteiger partial charge in [-0.15, -0.1) is 0 Å². The summed E-state index contributed by atoms with van der Waals surface area (Å²) in [4.78, 5) is 35.9. The maximum absolute atomic E-state index is 12.5. The van der Waals surface area contributed by atoms with E-state index in [0.29, 0.717) is 25.8 Å². The summed E-state index contributed by atoms with van der Waals surface area (Å²) in [5.41, 5.74) is 3.64. The molecule has 31 heavy (non-hydrogen) atoms. The van der Waals surface area contributed by atoms with E-state index < -0.39 is 17.6 Å². The number of amides is 2. The highest BCUT2D eigenvalue weighted by molar-refractivity contribution is 5.93. The lowest BCUT2D eigenvalue weighted by atomic mass is 9.98. The number of carboxylic acid groups (broad SMARTS) is 1. The van der Waals surface area contributed by atoms with E-state index in [0.717, 1.165) is 22.3 Å². The van der Waals surface area contributed by atoms with Crippen molar-refractivity contribution >= 4 is 18.0 Å². The van der Waals surface area contributed by atoms with Crippen LogP contribution in [0.5, 0.6) is 0 Å². The predicted octanol–water partition coefficient (Wildman–Crippen LogP) is 2.89. The first kappa shape index (κ1) is 19.6. The molecule has 7 nitrogen and oxygen atoms in total. The summed E-state index contributed by atoms with van der Waals surface area (Å²) in [5, 5.41) is 14.5. The molecule has 2 aromatic carbocycles. The topological polar surface area (TPSA) is 105 Å². The minimum atomic E-state index is -0.934. The van der Waals surface area contributed by atoms with E-state index in [2.05, 4.69) is 34.9 Å². The molecule has 2 fully saturated rings. The number of ether oxygens (including phenoxy) is 1. The average Bonchev–Trinajstić information content (AvgIpc) is 3.68. The number of carbonyl (C=O) groups excluding carboxylic acids is 2. The lowest BCUT2D eigenvalue weighted by Gasteiger charge is -2.19. The summed E-state index contributed by atoms with van der Waals surface area (Å²) < 4.78 is 5.54. The fourth-order valence-corrected chi connectivity index (χ4v) is 4.53. The number of fused-ring (bicyclic) bond motifs is 3. The number of carboxylic acids is 1. The van der Waals surface area contributed by atoms with Crippen molar-refractivity contribution in [1.29, 1.82) is 0 Å². The molecular formula is C24H24N2O5. The van der Waals surface area contributed by atoms with Gasteiger partial charge in [0.15, 0.2) is 0 Å². The van der Waals surface area contributed by atoms with E-state index in [1.165, 1.54) is 0 Å². The third kappa shape index (κ3) is 3.65. The molecule has 3 aliphatic rings. The SMILES string of the molecule is O=C(NC1(C(=O)NC[C@@H]2C[C@@H]2C(=O)O)CC1)OCC1c2ccccc2-c2ccccc21. The molecule has 0 aliphatic heterocycles. The summed E-state index contributed by atoms with van der Waals surface area (Å²) >= 11 is 0. The van der Waals surface area contributed by atoms with Gasteiger partial charge in [0.2, 0.25) is 5.91 Å². The van der Waals surface area contributed by atoms with Crippen molar-refractivity contribution in [2.45, 2.75) is 30.7 Å². The monoisotopic (exact) mass is 420 g/mol. The predicted molar refractivity (Wildman–Crippen MR) is 112 cm³/mol. The van der Waals surface area contributed by atoms with E-state index in [4.69, 9.17) is 9.84 Å². The molecule has 2 aromatic rings. The van der Waals surface area contributed by atoms with Gasteiger partial charge in [0, 0.05) is 12.5 Å². The summed E-state index contributed by atoms with van der Waals surface area (Å²) in [5.74, 6) is -1.52. The zero-order valence-electron chi connectivity index (χ0n) is 17.0. The molecule has 160 valence electrons. The van der Waals surface area contributed by atoms with Gasteiger partial charge in [-0.1, -0.05) is 48.5 Å². The average molecular weight is 420 g/mol. The molecule has 7 heteroatoms. The van der Waals surface area contributed by atoms with E-state index in [1.807, 2.05) is 24.3 Å². The van der Waals surface area contributed by atoms with Crippen molar-refractivity contribution in [3.05, 3.63) is 59.7 Å². The maximum atomic E-state index is 12.5. The summed E-state index contributed by atoms with van der Waals surface area (Å²) in [7, 11) is 0. The first-order valence-corrected chi connectivity index (χ1v) is 10.6. The number of rotatable bonds is 7. The van der Waals surface area contributed by atoms with Gasteiger partial charge in [-0.05, 0) is 47.4 Å². The maximum Gasteiger partial charge on any atom is 0.408 e. The Morgan fingerprint density at radius 2 is 1.61 bits per heavy atom. The molecule has 5 rings (SSSR count). The van der Waals surface area contributed by atoms with Crippen LogP contribution in [0.25, 0.3) is 11.1 Å². The van der Waals surface area contributed by atoms with Gasteiger partial charge in [-0.25, -0.2) is 4.79 Å². The highest BCUT2D eigenvalue weighted by atomic mass is 16.5. The molecular weight excluding hydrogens is 396 g/mol. The highest BCUT2D eigenvalue weighted by Gasteiger charge is 2.52. The highest BCUT2D eigenvalue weighted by Crippen LogP contribution is 2.44. The van der Waals surface area contributed by atoms with Crippen LogP contribution in [-0.4, -0.2) is 41.8 Å². The van der Waals surface area contributed by atoms with Crippen molar-refractivity contribution in [2.75, 3.05) is 13.2 Å². The molecule has 2 amide bonds. The summed E-state index contributed by atoms with van der Waals surface area (Å²) in [6.45, 7) is 0.518. The van der Waals surface area contributed by atoms with E-state index >= 15 is 0 Å². The Kier molecular flexibility index (Phi) is 4.68. The number of carbonyl (C=O) groups is 3. The van der Waals surface area contributed by atoms with Crippen LogP contribution in [0.1, 0.15) is 36.3 Å². The van der Waals surface area contributed by atoms with Gasteiger partial charge in [0.25, 0.3) is 0 Å². The molecule has 0 bridgehead atoms. The second-order valence-electron chi connectivity index (χ2n) is 8.68. The third-order valence-corrected chi connectivity index (χ3v) is 6.63. The molecule has 0 radical (unpaired) electrons. The minimum Gasteiger partial charge on any atom is -0.481 e. The van der Waals surface area contributed by atoms with Crippen LogP contribution in [0.2, 0.25) is 0 Å². The molecule has 0 heterocycles. The second kappa shape index (κ2) is 7.41. The summed E-state index contributed by atoms with van der Waals surface area (Å²) in [6.07, 6.45) is 1.08. The number of aliphatic carboxylic acids is 1. The van der Waals surface area contributed by atoms with Crippen LogP contribution in [0.4, 0.5) is 4.79 Å². The Balaban J connectivity index is 1.17. The fraction of sp³-hybridized carbons (Fsp3) is 0.375. The van der Waals surface area contributed by atoms with Crippen LogP contribution in [-0.2, 0) is 14.3 Å². The number of hydrogen-bond acceptors (Lipinski definition) is 4. The number of hydrogen-bond donors (Lipinski definition) is 3. The van der Waals surface area contributed by atoms with Crippen molar-refractivity contribution in [1.82, 2.24) is 10.6 Å². The number of alkyl carbamates (subject to hydrolysis) is 1. The molecule has 0 saturated heterocycles. The zero-order valence-corrected chi connectivity index (χ0v) is 17.0. The third-order valence-electron chi connectivity index (χ3n) is 6.63. The zero-order chi connectivity index (χ0) is 21.6. The van der Waals surface area contributed by atoms with Crippen molar-refractivity contribution in [3.63, 3.8) is 0 Å². The van der Waals surface area contributed by atoms with Crippen LogP contribution in [0.15, 0.2) is 48.5 Å². The van der Waals surface area contributed by atoms with Crippen molar-refractivity contribution < 1.29 is 24.2 Å². The lowest BCUT2D eigenvalue weighted by Crippen LogP contribution is -2.49. The Morgan fingerprint density at radius 1 is 1.00 bits per heavy atom. The molecule has 2 atom stereocenters. The normalized spacial score (nSPS) is 22.1. The van der Waals surface area contributed by atoms with Crippen molar-refractivity contribution in [2.24, 2.45) is 11.8 Å². The van der Waals surface area contributed by atoms with Gasteiger partial charge >= 0.3 is 12.1 Å². The van der Waals surface area contributed by atoms with Crippen LogP contribution < -0.4 is 10.6 Å². The Labute approximate surface area is 179 Å².